The van der Waals surface area contributed by atoms with Crippen molar-refractivity contribution in [1.29, 1.82) is 0 Å². The third-order valence-corrected chi connectivity index (χ3v) is 3.48. The maximum atomic E-state index is 13.4. The number of hydrogen-bond donors (Lipinski definition) is 1. The van der Waals surface area contributed by atoms with Crippen molar-refractivity contribution in [2.45, 2.75) is 19.4 Å². The van der Waals surface area contributed by atoms with Crippen molar-refractivity contribution in [3.05, 3.63) is 35.1 Å². The number of nitrogens with one attached hydrogen (secondary N) is 1. The van der Waals surface area contributed by atoms with Crippen LogP contribution in [0, 0.1) is 12.7 Å². The Morgan fingerprint density at radius 2 is 2.15 bits per heavy atom. The van der Waals surface area contributed by atoms with Crippen molar-refractivity contribution in [2.75, 3.05) is 19.1 Å². The van der Waals surface area contributed by atoms with E-state index in [2.05, 4.69) is 10.1 Å². The van der Waals surface area contributed by atoms with E-state index in [0.29, 0.717) is 17.7 Å². The van der Waals surface area contributed by atoms with Crippen molar-refractivity contribution in [2.24, 2.45) is 0 Å². The quantitative estimate of drug-likeness (QED) is 0.818. The highest BCUT2D eigenvalue weighted by atomic mass is 32.2. The summed E-state index contributed by atoms with van der Waals surface area (Å²) in [6.07, 6.45) is 2.37. The maximum absolute atomic E-state index is 13.4. The summed E-state index contributed by atoms with van der Waals surface area (Å²) in [4.78, 5) is 23.6. The molecule has 4 nitrogen and oxygen atoms in total. The summed E-state index contributed by atoms with van der Waals surface area (Å²) in [5.41, 5.74) is 0.652. The van der Waals surface area contributed by atoms with Gasteiger partial charge in [-0.1, -0.05) is 6.07 Å². The second-order valence-corrected chi connectivity index (χ2v) is 5.28. The highest BCUT2D eigenvalue weighted by Crippen LogP contribution is 2.10. The molecule has 110 valence electrons. The molecule has 1 atom stereocenters. The molecule has 0 fully saturated rings. The Morgan fingerprint density at radius 3 is 2.70 bits per heavy atom. The Hall–Kier alpha value is -1.56. The number of thioether (sulfide) groups is 1. The van der Waals surface area contributed by atoms with E-state index in [1.54, 1.807) is 18.7 Å². The van der Waals surface area contributed by atoms with Gasteiger partial charge in [0.2, 0.25) is 0 Å². The molecule has 0 saturated carbocycles. The van der Waals surface area contributed by atoms with E-state index in [1.807, 2.05) is 6.26 Å². The summed E-state index contributed by atoms with van der Waals surface area (Å²) >= 11 is 1.57. The van der Waals surface area contributed by atoms with Crippen LogP contribution in [0.5, 0.6) is 0 Å². The first kappa shape index (κ1) is 16.5. The number of halogens is 1. The van der Waals surface area contributed by atoms with Crippen molar-refractivity contribution < 1.29 is 18.7 Å². The minimum absolute atomic E-state index is 0.186. The summed E-state index contributed by atoms with van der Waals surface area (Å²) in [6.45, 7) is 1.62. The van der Waals surface area contributed by atoms with Gasteiger partial charge in [-0.25, -0.2) is 9.18 Å². The molecule has 0 aliphatic heterocycles. The fraction of sp³-hybridized carbons (Fsp3) is 0.429. The summed E-state index contributed by atoms with van der Waals surface area (Å²) in [5.74, 6) is -0.723. The molecule has 1 rings (SSSR count). The lowest BCUT2D eigenvalue weighted by molar-refractivity contribution is -0.142. The van der Waals surface area contributed by atoms with Crippen LogP contribution < -0.4 is 5.32 Å². The lowest BCUT2D eigenvalue weighted by Gasteiger charge is -2.16. The predicted octanol–water partition coefficient (Wildman–Crippen LogP) is 2.16. The van der Waals surface area contributed by atoms with Gasteiger partial charge in [-0.3, -0.25) is 4.79 Å². The molecule has 0 saturated heterocycles. The third-order valence-electron chi connectivity index (χ3n) is 2.84. The number of hydrogen-bond acceptors (Lipinski definition) is 4. The van der Waals surface area contributed by atoms with E-state index in [-0.39, 0.29) is 5.56 Å². The van der Waals surface area contributed by atoms with Crippen LogP contribution in [0.2, 0.25) is 0 Å². The van der Waals surface area contributed by atoms with E-state index < -0.39 is 23.7 Å². The lowest BCUT2D eigenvalue weighted by Crippen LogP contribution is -2.42. The molecular formula is C14H18FNO3S. The van der Waals surface area contributed by atoms with Gasteiger partial charge in [-0.05, 0) is 43.0 Å². The van der Waals surface area contributed by atoms with Gasteiger partial charge in [0.05, 0.1) is 7.11 Å². The van der Waals surface area contributed by atoms with Crippen molar-refractivity contribution in [3.8, 4) is 0 Å². The van der Waals surface area contributed by atoms with E-state index in [0.717, 1.165) is 6.07 Å². The van der Waals surface area contributed by atoms with Crippen molar-refractivity contribution in [1.82, 2.24) is 5.32 Å². The average Bonchev–Trinajstić information content (AvgIpc) is 2.45. The van der Waals surface area contributed by atoms with Gasteiger partial charge in [0.1, 0.15) is 11.9 Å². The summed E-state index contributed by atoms with van der Waals surface area (Å²) in [6, 6.07) is 3.49. The molecule has 1 aromatic rings. The van der Waals surface area contributed by atoms with Crippen LogP contribution in [0.4, 0.5) is 4.39 Å². The zero-order valence-electron chi connectivity index (χ0n) is 11.7. The van der Waals surface area contributed by atoms with E-state index in [9.17, 15) is 14.0 Å². The van der Waals surface area contributed by atoms with Crippen LogP contribution in [-0.4, -0.2) is 37.0 Å². The first-order valence-corrected chi connectivity index (χ1v) is 7.52. The van der Waals surface area contributed by atoms with E-state index >= 15 is 0 Å². The van der Waals surface area contributed by atoms with Crippen LogP contribution in [0.1, 0.15) is 22.3 Å². The smallest absolute Gasteiger partial charge is 0.328 e. The molecule has 1 amide bonds. The van der Waals surface area contributed by atoms with Gasteiger partial charge in [-0.2, -0.15) is 11.8 Å². The van der Waals surface area contributed by atoms with Gasteiger partial charge in [-0.15, -0.1) is 0 Å². The number of methoxy groups -OCH3 is 1. The lowest BCUT2D eigenvalue weighted by atomic mass is 10.1. The highest BCUT2D eigenvalue weighted by Gasteiger charge is 2.21. The van der Waals surface area contributed by atoms with Crippen molar-refractivity contribution >= 4 is 23.6 Å². The van der Waals surface area contributed by atoms with Gasteiger partial charge < -0.3 is 10.1 Å². The fourth-order valence-electron chi connectivity index (χ4n) is 1.60. The molecule has 0 bridgehead atoms. The monoisotopic (exact) mass is 299 g/mol. The van der Waals surface area contributed by atoms with E-state index in [1.165, 1.54) is 19.2 Å². The molecule has 1 aromatic carbocycles. The Morgan fingerprint density at radius 1 is 1.45 bits per heavy atom. The number of amides is 1. The van der Waals surface area contributed by atoms with Gasteiger partial charge in [0, 0.05) is 5.56 Å². The van der Waals surface area contributed by atoms with Gasteiger partial charge in [0.15, 0.2) is 0 Å². The minimum Gasteiger partial charge on any atom is -0.467 e. The molecule has 0 spiro atoms. The standard InChI is InChI=1S/C14H18FNO3S/c1-9-4-5-10(8-11(9)15)13(17)16-12(6-7-20-3)14(18)19-2/h4-5,8,12H,6-7H2,1-3H3,(H,16,17)/t12-/m1/s1. The molecule has 0 aliphatic carbocycles. The number of ether oxygens (including phenoxy) is 1. The molecule has 0 aromatic heterocycles. The summed E-state index contributed by atoms with van der Waals surface area (Å²) in [7, 11) is 1.27. The zero-order valence-corrected chi connectivity index (χ0v) is 12.6. The Kier molecular flexibility index (Phi) is 6.51. The number of carbonyl (C=O) groups excluding carboxylic acids is 2. The van der Waals surface area contributed by atoms with Crippen LogP contribution in [-0.2, 0) is 9.53 Å². The fourth-order valence-corrected chi connectivity index (χ4v) is 2.07. The SMILES string of the molecule is COC(=O)[C@@H](CCSC)NC(=O)c1ccc(C)c(F)c1. The van der Waals surface area contributed by atoms with Crippen LogP contribution >= 0.6 is 11.8 Å². The molecule has 1 N–H and O–H groups in total. The van der Waals surface area contributed by atoms with Crippen LogP contribution in [0.15, 0.2) is 18.2 Å². The summed E-state index contributed by atoms with van der Waals surface area (Å²) < 4.78 is 18.1. The molecule has 0 radical (unpaired) electrons. The second-order valence-electron chi connectivity index (χ2n) is 4.29. The molecular weight excluding hydrogens is 281 g/mol. The predicted molar refractivity (Wildman–Crippen MR) is 77.4 cm³/mol. The minimum atomic E-state index is -0.718. The molecule has 20 heavy (non-hydrogen) atoms. The number of esters is 1. The van der Waals surface area contributed by atoms with Gasteiger partial charge >= 0.3 is 5.97 Å². The first-order chi connectivity index (χ1) is 9.49. The van der Waals surface area contributed by atoms with Gasteiger partial charge in [0.25, 0.3) is 5.91 Å². The summed E-state index contributed by atoms with van der Waals surface area (Å²) in [5, 5.41) is 2.57. The topological polar surface area (TPSA) is 55.4 Å². The van der Waals surface area contributed by atoms with E-state index in [4.69, 9.17) is 0 Å². The molecule has 6 heteroatoms. The van der Waals surface area contributed by atoms with Crippen LogP contribution in [0.25, 0.3) is 0 Å². The number of rotatable bonds is 6. The maximum Gasteiger partial charge on any atom is 0.328 e. The number of aryl methyl sites for hydroxylation is 1. The Bertz CT molecular complexity index is 493. The molecule has 0 aliphatic rings. The first-order valence-electron chi connectivity index (χ1n) is 6.13. The second kappa shape index (κ2) is 7.89. The van der Waals surface area contributed by atoms with Crippen LogP contribution in [0.3, 0.4) is 0 Å². The normalized spacial score (nSPS) is 11.8. The molecule has 0 unspecified atom stereocenters. The average molecular weight is 299 g/mol. The van der Waals surface area contributed by atoms with Crippen molar-refractivity contribution in [3.63, 3.8) is 0 Å². The largest absolute Gasteiger partial charge is 0.467 e. The molecule has 0 heterocycles. The zero-order chi connectivity index (χ0) is 15.1. The Balaban J connectivity index is 2.78. The number of carbonyl (C=O) groups is 2. The number of benzene rings is 1. The highest BCUT2D eigenvalue weighted by molar-refractivity contribution is 7.98. The Labute approximate surface area is 122 Å². The third kappa shape index (κ3) is 4.52.